The van der Waals surface area contributed by atoms with Gasteiger partial charge in [0.05, 0.1) is 5.56 Å². The van der Waals surface area contributed by atoms with Crippen LogP contribution in [0, 0.1) is 0 Å². The molecule has 25 heavy (non-hydrogen) atoms. The van der Waals surface area contributed by atoms with Gasteiger partial charge in [0.1, 0.15) is 12.2 Å². The number of hydrogen-bond acceptors (Lipinski definition) is 10. The zero-order chi connectivity index (χ0) is 19.5. The summed E-state index contributed by atoms with van der Waals surface area (Å²) in [4.78, 5) is 33.5. The fourth-order valence-electron chi connectivity index (χ4n) is 1.68. The van der Waals surface area contributed by atoms with Crippen molar-refractivity contribution in [1.82, 2.24) is 0 Å². The quantitative estimate of drug-likeness (QED) is 0.187. The number of rotatable bonds is 7. The van der Waals surface area contributed by atoms with Crippen molar-refractivity contribution < 1.29 is 60.0 Å². The van der Waals surface area contributed by atoms with Gasteiger partial charge in [-0.05, 0) is 12.1 Å². The van der Waals surface area contributed by atoms with E-state index in [1.807, 2.05) is 0 Å². The Balaban J connectivity index is 3.04. The van der Waals surface area contributed by atoms with Crippen LogP contribution in [0.3, 0.4) is 0 Å². The number of benzene rings is 1. The van der Waals surface area contributed by atoms with Crippen molar-refractivity contribution in [3.05, 3.63) is 17.7 Å². The normalized spacial score (nSPS) is 15.6. The zero-order valence-electron chi connectivity index (χ0n) is 12.2. The van der Waals surface area contributed by atoms with Gasteiger partial charge >= 0.3 is 17.9 Å². The maximum absolute atomic E-state index is 11.8. The first-order chi connectivity index (χ1) is 11.5. The highest BCUT2D eigenvalue weighted by Gasteiger charge is 2.41. The number of aromatic hydroxyl groups is 3. The molecule has 0 heterocycles. The van der Waals surface area contributed by atoms with E-state index < -0.39 is 65.1 Å². The van der Waals surface area contributed by atoms with E-state index in [1.54, 1.807) is 0 Å². The standard InChI is InChI=1S/C13H14O12/c14-4-1-3(2-5(15)6(4)16)13(24)25-10(12(22)23)8(18)7(17)9(19)11(20)21/h1-2,7-10,14-19H,(H,20,21)(H,22,23)/t7-,8+,9+,10-/m1/s1. The number of phenolic OH excluding ortho intramolecular Hbond substituents is 3. The van der Waals surface area contributed by atoms with Crippen LogP contribution >= 0.6 is 0 Å². The van der Waals surface area contributed by atoms with Crippen LogP contribution < -0.4 is 0 Å². The van der Waals surface area contributed by atoms with E-state index >= 15 is 0 Å². The number of carbonyl (C=O) groups is 3. The molecule has 1 aromatic rings. The average molecular weight is 362 g/mol. The molecule has 12 nitrogen and oxygen atoms in total. The molecular formula is C13H14O12. The van der Waals surface area contributed by atoms with Crippen LogP contribution in [-0.4, -0.2) is 83.2 Å². The number of ether oxygens (including phenoxy) is 1. The van der Waals surface area contributed by atoms with E-state index in [9.17, 15) is 34.8 Å². The monoisotopic (exact) mass is 362 g/mol. The highest BCUT2D eigenvalue weighted by Crippen LogP contribution is 2.35. The molecule has 12 heteroatoms. The van der Waals surface area contributed by atoms with Crippen LogP contribution in [0.1, 0.15) is 10.4 Å². The summed E-state index contributed by atoms with van der Waals surface area (Å²) in [5.41, 5.74) is -0.625. The van der Waals surface area contributed by atoms with Crippen molar-refractivity contribution in [2.45, 2.75) is 24.4 Å². The van der Waals surface area contributed by atoms with Crippen molar-refractivity contribution in [2.24, 2.45) is 0 Å². The minimum atomic E-state index is -2.56. The first-order valence-corrected chi connectivity index (χ1v) is 6.43. The van der Waals surface area contributed by atoms with Gasteiger partial charge in [-0.15, -0.1) is 0 Å². The lowest BCUT2D eigenvalue weighted by molar-refractivity contribution is -0.173. The maximum Gasteiger partial charge on any atom is 0.347 e. The van der Waals surface area contributed by atoms with Gasteiger partial charge in [0.15, 0.2) is 23.4 Å². The second kappa shape index (κ2) is 7.65. The Labute approximate surface area is 138 Å². The molecule has 1 rings (SSSR count). The van der Waals surface area contributed by atoms with Gasteiger partial charge in [0, 0.05) is 0 Å². The molecule has 0 aromatic heterocycles. The van der Waals surface area contributed by atoms with Crippen LogP contribution in [0.25, 0.3) is 0 Å². The fraction of sp³-hybridized carbons (Fsp3) is 0.308. The molecule has 0 unspecified atom stereocenters. The van der Waals surface area contributed by atoms with E-state index in [1.165, 1.54) is 0 Å². The minimum absolute atomic E-state index is 0.616. The van der Waals surface area contributed by atoms with Crippen molar-refractivity contribution in [2.75, 3.05) is 0 Å². The van der Waals surface area contributed by atoms with Crippen molar-refractivity contribution in [3.8, 4) is 17.2 Å². The van der Waals surface area contributed by atoms with Crippen molar-refractivity contribution in [3.63, 3.8) is 0 Å². The summed E-state index contributed by atoms with van der Waals surface area (Å²) >= 11 is 0. The second-order valence-corrected chi connectivity index (χ2v) is 4.79. The third-order valence-electron chi connectivity index (χ3n) is 3.02. The first kappa shape index (κ1) is 20.0. The molecular weight excluding hydrogens is 348 g/mol. The van der Waals surface area contributed by atoms with E-state index in [2.05, 4.69) is 4.74 Å². The molecule has 0 amide bonds. The Hall–Kier alpha value is -3.09. The van der Waals surface area contributed by atoms with E-state index in [4.69, 9.17) is 20.4 Å². The summed E-state index contributed by atoms with van der Waals surface area (Å²) in [6.45, 7) is 0. The lowest BCUT2D eigenvalue weighted by atomic mass is 10.0. The summed E-state index contributed by atoms with van der Waals surface area (Å²) in [5, 5.41) is 73.4. The molecule has 0 saturated heterocycles. The zero-order valence-corrected chi connectivity index (χ0v) is 12.2. The Kier molecular flexibility index (Phi) is 6.11. The molecule has 8 N–H and O–H groups in total. The van der Waals surface area contributed by atoms with Crippen molar-refractivity contribution >= 4 is 17.9 Å². The smallest absolute Gasteiger partial charge is 0.347 e. The molecule has 138 valence electrons. The minimum Gasteiger partial charge on any atom is -0.504 e. The van der Waals surface area contributed by atoms with E-state index in [0.29, 0.717) is 12.1 Å². The van der Waals surface area contributed by atoms with Crippen molar-refractivity contribution in [1.29, 1.82) is 0 Å². The van der Waals surface area contributed by atoms with Crippen LogP contribution in [0.5, 0.6) is 17.2 Å². The summed E-state index contributed by atoms with van der Waals surface area (Å²) in [6, 6.07) is 1.23. The molecule has 0 aliphatic carbocycles. The van der Waals surface area contributed by atoms with Gasteiger partial charge in [-0.1, -0.05) is 0 Å². The number of aliphatic carboxylic acids is 2. The molecule has 4 atom stereocenters. The number of carbonyl (C=O) groups excluding carboxylic acids is 1. The summed E-state index contributed by atoms with van der Waals surface area (Å²) in [6.07, 6.45) is -10.1. The van der Waals surface area contributed by atoms with Gasteiger partial charge in [-0.2, -0.15) is 0 Å². The molecule has 1 aromatic carbocycles. The van der Waals surface area contributed by atoms with Crippen LogP contribution in [0.4, 0.5) is 0 Å². The Morgan fingerprint density at radius 3 is 1.72 bits per heavy atom. The van der Waals surface area contributed by atoms with Crippen LogP contribution in [-0.2, 0) is 14.3 Å². The molecule has 0 aliphatic heterocycles. The largest absolute Gasteiger partial charge is 0.504 e. The predicted molar refractivity (Wildman–Crippen MR) is 73.9 cm³/mol. The second-order valence-electron chi connectivity index (χ2n) is 4.79. The van der Waals surface area contributed by atoms with Crippen LogP contribution in [0.15, 0.2) is 12.1 Å². The molecule has 0 aliphatic rings. The Morgan fingerprint density at radius 2 is 1.32 bits per heavy atom. The third kappa shape index (κ3) is 4.47. The fourth-order valence-corrected chi connectivity index (χ4v) is 1.68. The third-order valence-corrected chi connectivity index (χ3v) is 3.02. The van der Waals surface area contributed by atoms with Gasteiger partial charge < -0.3 is 45.6 Å². The topological polar surface area (TPSA) is 222 Å². The van der Waals surface area contributed by atoms with Crippen LogP contribution in [0.2, 0.25) is 0 Å². The van der Waals surface area contributed by atoms with E-state index in [0.717, 1.165) is 0 Å². The van der Waals surface area contributed by atoms with Gasteiger partial charge in [-0.3, -0.25) is 0 Å². The lowest BCUT2D eigenvalue weighted by Gasteiger charge is -2.25. The molecule has 0 bridgehead atoms. The SMILES string of the molecule is O=C(O[C@@H](C(=O)O)[C@@H](O)[C@@H](O)[C@H](O)C(=O)O)c1cc(O)c(O)c(O)c1. The van der Waals surface area contributed by atoms with Gasteiger partial charge in [0.25, 0.3) is 0 Å². The highest BCUT2D eigenvalue weighted by atomic mass is 16.6. The number of phenols is 3. The Morgan fingerprint density at radius 1 is 0.840 bits per heavy atom. The molecule has 0 saturated carbocycles. The van der Waals surface area contributed by atoms with E-state index in [-0.39, 0.29) is 0 Å². The molecule has 0 radical (unpaired) electrons. The highest BCUT2D eigenvalue weighted by molar-refractivity contribution is 5.92. The lowest BCUT2D eigenvalue weighted by Crippen LogP contribution is -2.51. The maximum atomic E-state index is 11.8. The Bertz CT molecular complexity index is 661. The number of aliphatic hydroxyl groups is 3. The number of carboxylic acids is 2. The first-order valence-electron chi connectivity index (χ1n) is 6.43. The number of carboxylic acid groups (broad SMARTS) is 2. The van der Waals surface area contributed by atoms with Gasteiger partial charge in [0.2, 0.25) is 6.10 Å². The predicted octanol–water partition coefficient (Wildman–Crippen LogP) is -2.42. The molecule has 0 fully saturated rings. The molecule has 0 spiro atoms. The van der Waals surface area contributed by atoms with Gasteiger partial charge in [-0.25, -0.2) is 14.4 Å². The number of esters is 1. The number of hydrogen-bond donors (Lipinski definition) is 8. The number of aliphatic hydroxyl groups excluding tert-OH is 3. The summed E-state index contributed by atoms with van der Waals surface area (Å²) < 4.78 is 4.40. The summed E-state index contributed by atoms with van der Waals surface area (Å²) in [5.74, 6) is -8.26. The average Bonchev–Trinajstić information content (AvgIpc) is 2.54. The summed E-state index contributed by atoms with van der Waals surface area (Å²) in [7, 11) is 0.